The third-order valence-electron chi connectivity index (χ3n) is 27.3. The van der Waals surface area contributed by atoms with E-state index in [0.29, 0.717) is 65.5 Å². The Morgan fingerprint density at radius 1 is 0.276 bits per heavy atom. The molecule has 24 rings (SSSR count). The summed E-state index contributed by atoms with van der Waals surface area (Å²) in [6.45, 7) is 35.7. The van der Waals surface area contributed by atoms with Crippen molar-refractivity contribution in [1.82, 2.24) is 39.9 Å². The number of allylic oxidation sites excluding steroid dienone is 6. The molecule has 0 atom stereocenters. The molecule has 134 heavy (non-hydrogen) atoms. The average Bonchev–Trinajstić information content (AvgIpc) is 1.62. The Kier molecular flexibility index (Phi) is 23.5. The van der Waals surface area contributed by atoms with Crippen LogP contribution in [0.2, 0.25) is 0 Å². The van der Waals surface area contributed by atoms with Crippen molar-refractivity contribution in [2.45, 2.75) is 186 Å². The van der Waals surface area contributed by atoms with E-state index in [-0.39, 0.29) is 23.5 Å². The van der Waals surface area contributed by atoms with Gasteiger partial charge in [0.25, 0.3) is 0 Å². The number of ether oxygens (including phenoxy) is 2. The van der Waals surface area contributed by atoms with Crippen LogP contribution < -0.4 is 9.47 Å². The lowest BCUT2D eigenvalue weighted by Gasteiger charge is -2.19. The highest BCUT2D eigenvalue weighted by atomic mass is 32.1. The van der Waals surface area contributed by atoms with Gasteiger partial charge in [-0.15, -0.1) is 45.3 Å². The largest absolute Gasteiger partial charge is 0.485 e. The van der Waals surface area contributed by atoms with Gasteiger partial charge >= 0.3 is 0 Å². The van der Waals surface area contributed by atoms with Crippen LogP contribution in [0.4, 0.5) is 8.78 Å². The molecule has 4 N–H and O–H groups in total. The number of fused-ring (bicyclic) bond motifs is 16. The standard InChI is InChI=1S/C29H28FN3S.C29H29N3S.C28H26FN3OS.C28H27N3OS/c1-15(2)25-13-22-19-7-6-18-12-27(34-28(18)20(19)9-10-24(22)32-25)17-5-8-21(23(30)11-17)26-14-31-29(33-26)16(3)4;1-16(2)25-14-23-21-10-9-20-13-27(33-28(20)22(21)11-12-24(23)31-25)19-7-5-18(6-8-19)26-15-30-29(32-26)17(3)4;1-14(2)22-11-20-18-7-6-17-10-25(34-27(17)26(18)33-13-24(20)31-22)16-5-8-19(21(29)9-16)23-12-30-28(32-23)15(3)4;1-15(2)22-12-21-20-10-9-19-11-25(33-27(19)26(20)32-14-24(21)30-22)18-7-5-17(6-8-18)23-13-29-28(31-23)16(3)4/h5-8,11-12,14-16H,9-10,13H2,1-4H3,(H,31,33);5-10,13,15-17H,11-12,14H2,1-4H3,(H,30,32);5-10,12,14-15H,11,13H2,1-4H3,(H,30,32);5-11,13,15-16H,12,14H2,1-4H3,(H,29,31). The Morgan fingerprint density at radius 3 is 0.881 bits per heavy atom. The van der Waals surface area contributed by atoms with E-state index < -0.39 is 0 Å². The van der Waals surface area contributed by atoms with Crippen molar-refractivity contribution in [2.24, 2.45) is 43.6 Å². The van der Waals surface area contributed by atoms with Gasteiger partial charge in [0.2, 0.25) is 0 Å². The molecule has 14 nitrogen and oxygen atoms in total. The summed E-state index contributed by atoms with van der Waals surface area (Å²) in [7, 11) is 0. The van der Waals surface area contributed by atoms with Crippen LogP contribution in [0.5, 0.6) is 11.5 Å². The number of nitrogens with zero attached hydrogens (tertiary/aromatic N) is 8. The molecule has 0 unspecified atom stereocenters. The Labute approximate surface area is 797 Å². The third kappa shape index (κ3) is 16.7. The van der Waals surface area contributed by atoms with Gasteiger partial charge in [-0.05, 0) is 197 Å². The number of hydrogen-bond acceptors (Lipinski definition) is 14. The zero-order chi connectivity index (χ0) is 92.5. The van der Waals surface area contributed by atoms with Crippen molar-refractivity contribution in [3.05, 3.63) is 274 Å². The van der Waals surface area contributed by atoms with Crippen LogP contribution in [0.15, 0.2) is 225 Å². The molecule has 16 aromatic rings. The summed E-state index contributed by atoms with van der Waals surface area (Å²) in [5.74, 6) is 8.53. The van der Waals surface area contributed by atoms with Gasteiger partial charge in [0, 0.05) is 135 Å². The first-order valence-corrected chi connectivity index (χ1v) is 50.7. The van der Waals surface area contributed by atoms with Gasteiger partial charge in [-0.1, -0.05) is 220 Å². The van der Waals surface area contributed by atoms with Crippen molar-refractivity contribution in [3.63, 3.8) is 0 Å². The van der Waals surface area contributed by atoms with Crippen molar-refractivity contribution < 1.29 is 18.3 Å². The number of aromatic amines is 4. The highest BCUT2D eigenvalue weighted by molar-refractivity contribution is 7.23. The number of thiophene rings is 4. The Bertz CT molecular complexity index is 7220. The fourth-order valence-corrected chi connectivity index (χ4v) is 24.2. The second kappa shape index (κ2) is 35.7. The molecule has 0 radical (unpaired) electrons. The van der Waals surface area contributed by atoms with Crippen LogP contribution in [-0.4, -0.2) is 75.9 Å². The molecule has 0 fully saturated rings. The summed E-state index contributed by atoms with van der Waals surface area (Å²) in [4.78, 5) is 55.5. The van der Waals surface area contributed by atoms with E-state index in [9.17, 15) is 0 Å². The van der Waals surface area contributed by atoms with E-state index in [1.807, 2.05) is 59.3 Å². The molecule has 8 aliphatic rings. The molecular weight excluding hydrogens is 1740 g/mol. The van der Waals surface area contributed by atoms with Gasteiger partial charge < -0.3 is 29.4 Å². The normalized spacial score (nSPS) is 15.4. The Hall–Kier alpha value is -12.5. The zero-order valence-corrected chi connectivity index (χ0v) is 82.1. The van der Waals surface area contributed by atoms with Gasteiger partial charge in [-0.25, -0.2) is 28.7 Å². The van der Waals surface area contributed by atoms with Crippen molar-refractivity contribution in [1.29, 1.82) is 0 Å². The number of benzene rings is 8. The molecule has 14 heterocycles. The second-order valence-corrected chi connectivity index (χ2v) is 43.3. The number of aliphatic imine (C=N–C) groups is 4. The van der Waals surface area contributed by atoms with E-state index in [1.165, 1.54) is 141 Å². The molecule has 8 aromatic carbocycles. The molecule has 0 saturated heterocycles. The predicted molar refractivity (Wildman–Crippen MR) is 559 cm³/mol. The molecular formula is C114H110F2N12O2S4. The summed E-state index contributed by atoms with van der Waals surface area (Å²) < 4.78 is 47.9. The number of nitrogens with one attached hydrogen (secondary N) is 4. The fourth-order valence-electron chi connectivity index (χ4n) is 19.4. The zero-order valence-electron chi connectivity index (χ0n) is 78.8. The van der Waals surface area contributed by atoms with Gasteiger partial charge in [-0.3, -0.25) is 20.0 Å². The lowest BCUT2D eigenvalue weighted by molar-refractivity contribution is 0.350. The summed E-state index contributed by atoms with van der Waals surface area (Å²) in [6, 6.07) is 55.4. The quantitative estimate of drug-likeness (QED) is 0.0746. The maximum Gasteiger partial charge on any atom is 0.145 e. The number of hydrogen-bond donors (Lipinski definition) is 4. The molecule has 0 saturated carbocycles. The molecule has 0 bridgehead atoms. The lowest BCUT2D eigenvalue weighted by Crippen LogP contribution is -2.08. The molecule has 676 valence electrons. The minimum Gasteiger partial charge on any atom is -0.485 e. The van der Waals surface area contributed by atoms with Crippen LogP contribution in [0.25, 0.3) is 149 Å². The molecule has 8 aromatic heterocycles. The van der Waals surface area contributed by atoms with Crippen molar-refractivity contribution in [3.8, 4) is 98.3 Å². The molecule has 0 amide bonds. The summed E-state index contributed by atoms with van der Waals surface area (Å²) in [6.07, 6.45) is 15.3. The van der Waals surface area contributed by atoms with Gasteiger partial charge in [-0.2, -0.15) is 0 Å². The highest BCUT2D eigenvalue weighted by Crippen LogP contribution is 2.53. The summed E-state index contributed by atoms with van der Waals surface area (Å²) in [5.41, 5.74) is 34.8. The average molecular weight is 1850 g/mol. The first-order chi connectivity index (χ1) is 64.7. The number of rotatable bonds is 16. The Morgan fingerprint density at radius 2 is 0.552 bits per heavy atom. The fraction of sp³-hybridized carbons (Fsp3) is 0.298. The van der Waals surface area contributed by atoms with Crippen LogP contribution in [-0.2, 0) is 12.8 Å². The van der Waals surface area contributed by atoms with Crippen LogP contribution in [0.3, 0.4) is 0 Å². The third-order valence-corrected chi connectivity index (χ3v) is 32.2. The first-order valence-electron chi connectivity index (χ1n) is 47.4. The summed E-state index contributed by atoms with van der Waals surface area (Å²) >= 11 is 7.18. The lowest BCUT2D eigenvalue weighted by atomic mass is 9.86. The van der Waals surface area contributed by atoms with E-state index in [0.717, 1.165) is 157 Å². The van der Waals surface area contributed by atoms with Crippen LogP contribution in [0.1, 0.15) is 230 Å². The molecule has 0 spiro atoms. The van der Waals surface area contributed by atoms with E-state index >= 15 is 8.78 Å². The smallest absolute Gasteiger partial charge is 0.145 e. The molecule has 20 heteroatoms. The highest BCUT2D eigenvalue weighted by Gasteiger charge is 2.35. The monoisotopic (exact) mass is 1840 g/mol. The number of halogens is 2. The minimum absolute atomic E-state index is 0.227. The van der Waals surface area contributed by atoms with E-state index in [1.54, 1.807) is 47.2 Å². The van der Waals surface area contributed by atoms with E-state index in [4.69, 9.17) is 29.4 Å². The van der Waals surface area contributed by atoms with Crippen molar-refractivity contribution in [2.75, 3.05) is 13.2 Å². The maximum absolute atomic E-state index is 15.1. The number of aromatic nitrogens is 8. The maximum atomic E-state index is 15.1. The van der Waals surface area contributed by atoms with E-state index in [2.05, 4.69) is 272 Å². The number of H-pyrrole nitrogens is 4. The molecule has 2 aliphatic carbocycles. The van der Waals surface area contributed by atoms with Gasteiger partial charge in [0.05, 0.1) is 68.4 Å². The second-order valence-electron chi connectivity index (χ2n) is 39.1. The van der Waals surface area contributed by atoms with Crippen molar-refractivity contribution >= 4 is 131 Å². The molecule has 6 aliphatic heterocycles. The minimum atomic E-state index is -0.258. The SMILES string of the molecule is CC(C)C1=NC2=C(C1)c1ccc3cc(-c4ccc(-c5cnc(C(C)C)[nH]5)c(F)c4)sc3c1CC2.CC(C)C1=NC2=C(C1)c1ccc3cc(-c4ccc(-c5cnc(C(C)C)[nH]5)c(F)c4)sc3c1OC2.CC(C)C1=NC2=C(C1)c1ccc3cc(-c4ccc(-c5cnc(C(C)C)[nH]5)cc4)sc3c1CC2.CC(C)C1=NC2=C(C1)c1ccc3cc(-c4ccc(-c5cnc(C(C)C)[nH]5)cc4)sc3c1OC2. The van der Waals surface area contributed by atoms with Gasteiger partial charge in [0.15, 0.2) is 0 Å². The predicted octanol–water partition coefficient (Wildman–Crippen LogP) is 32.1. The topological polar surface area (TPSA) is 183 Å². The Balaban J connectivity index is 0.000000107. The van der Waals surface area contributed by atoms with Crippen LogP contribution in [0, 0.1) is 35.3 Å². The first kappa shape index (κ1) is 88.2. The number of imidazole rings is 4. The number of aryl methyl sites for hydroxylation is 2. The van der Waals surface area contributed by atoms with Crippen LogP contribution >= 0.6 is 45.3 Å². The van der Waals surface area contributed by atoms with Gasteiger partial charge in [0.1, 0.15) is 59.6 Å². The summed E-state index contributed by atoms with van der Waals surface area (Å²) in [5, 5.41) is 4.95.